The number of halogens is 3. The van der Waals surface area contributed by atoms with Crippen LogP contribution in [-0.4, -0.2) is 18.3 Å². The fourth-order valence-electron chi connectivity index (χ4n) is 1.21. The van der Waals surface area contributed by atoms with Crippen LogP contribution < -0.4 is 10.5 Å². The average molecular weight is 235 g/mol. The van der Waals surface area contributed by atoms with Gasteiger partial charge in [-0.25, -0.2) is 0 Å². The molecule has 0 fully saturated rings. The third-order valence-corrected chi connectivity index (χ3v) is 1.96. The molecule has 0 aliphatic carbocycles. The van der Waals surface area contributed by atoms with Crippen molar-refractivity contribution in [1.29, 1.82) is 0 Å². The van der Waals surface area contributed by atoms with Crippen LogP contribution in [0.3, 0.4) is 0 Å². The van der Waals surface area contributed by atoms with Gasteiger partial charge in [0, 0.05) is 12.1 Å². The van der Waals surface area contributed by atoms with Gasteiger partial charge in [0.1, 0.15) is 12.4 Å². The van der Waals surface area contributed by atoms with E-state index in [1.54, 1.807) is 0 Å². The molecule has 6 heteroatoms. The number of aliphatic hydroxyl groups is 1. The lowest BCUT2D eigenvalue weighted by Gasteiger charge is -2.12. The zero-order chi connectivity index (χ0) is 12.2. The Bertz CT molecular complexity index is 352. The van der Waals surface area contributed by atoms with Gasteiger partial charge in [-0.05, 0) is 18.2 Å². The van der Waals surface area contributed by atoms with Crippen molar-refractivity contribution in [2.24, 2.45) is 5.73 Å². The summed E-state index contributed by atoms with van der Waals surface area (Å²) >= 11 is 0. The molecule has 0 atom stereocenters. The Morgan fingerprint density at radius 3 is 2.50 bits per heavy atom. The van der Waals surface area contributed by atoms with Crippen LogP contribution in [0.4, 0.5) is 13.2 Å². The van der Waals surface area contributed by atoms with Gasteiger partial charge in [0.05, 0.1) is 12.2 Å². The SMILES string of the molecule is NCc1cc(C(F)(F)F)ccc1OCCO. The Morgan fingerprint density at radius 2 is 2.00 bits per heavy atom. The summed E-state index contributed by atoms with van der Waals surface area (Å²) in [5, 5.41) is 8.54. The molecule has 0 heterocycles. The highest BCUT2D eigenvalue weighted by atomic mass is 19.4. The summed E-state index contributed by atoms with van der Waals surface area (Å²) in [6.07, 6.45) is -4.39. The van der Waals surface area contributed by atoms with Crippen LogP contribution in [-0.2, 0) is 12.7 Å². The largest absolute Gasteiger partial charge is 0.491 e. The predicted molar refractivity (Wildman–Crippen MR) is 51.9 cm³/mol. The number of aliphatic hydroxyl groups excluding tert-OH is 1. The Morgan fingerprint density at radius 1 is 1.31 bits per heavy atom. The molecule has 3 N–H and O–H groups in total. The third kappa shape index (κ3) is 3.11. The lowest BCUT2D eigenvalue weighted by atomic mass is 10.1. The number of hydrogen-bond donors (Lipinski definition) is 2. The smallest absolute Gasteiger partial charge is 0.416 e. The van der Waals surface area contributed by atoms with E-state index in [2.05, 4.69) is 0 Å². The Hall–Kier alpha value is -1.27. The van der Waals surface area contributed by atoms with E-state index in [-0.39, 0.29) is 31.1 Å². The van der Waals surface area contributed by atoms with Gasteiger partial charge < -0.3 is 15.6 Å². The van der Waals surface area contributed by atoms with Crippen LogP contribution in [0.15, 0.2) is 18.2 Å². The van der Waals surface area contributed by atoms with E-state index in [0.29, 0.717) is 0 Å². The summed E-state index contributed by atoms with van der Waals surface area (Å²) in [7, 11) is 0. The molecule has 0 amide bonds. The summed E-state index contributed by atoms with van der Waals surface area (Å²) < 4.78 is 42.1. The Balaban J connectivity index is 2.97. The van der Waals surface area contributed by atoms with Gasteiger partial charge in [-0.3, -0.25) is 0 Å². The van der Waals surface area contributed by atoms with E-state index in [4.69, 9.17) is 15.6 Å². The molecule has 0 aliphatic heterocycles. The van der Waals surface area contributed by atoms with Crippen molar-refractivity contribution in [2.75, 3.05) is 13.2 Å². The first-order valence-corrected chi connectivity index (χ1v) is 4.63. The zero-order valence-electron chi connectivity index (χ0n) is 8.42. The molecule has 1 rings (SSSR count). The van der Waals surface area contributed by atoms with Crippen molar-refractivity contribution in [1.82, 2.24) is 0 Å². The standard InChI is InChI=1S/C10H12F3NO2/c11-10(12,13)8-1-2-9(16-4-3-15)7(5-8)6-14/h1-2,5,15H,3-4,6,14H2. The van der Waals surface area contributed by atoms with Crippen LogP contribution in [0.1, 0.15) is 11.1 Å². The molecular weight excluding hydrogens is 223 g/mol. The van der Waals surface area contributed by atoms with Gasteiger partial charge in [-0.1, -0.05) is 0 Å². The summed E-state index contributed by atoms with van der Waals surface area (Å²) in [6.45, 7) is -0.228. The highest BCUT2D eigenvalue weighted by Crippen LogP contribution is 2.32. The first-order chi connectivity index (χ1) is 7.49. The van der Waals surface area contributed by atoms with Crippen LogP contribution in [0.5, 0.6) is 5.75 Å². The molecule has 0 saturated heterocycles. The van der Waals surface area contributed by atoms with Crippen molar-refractivity contribution in [3.05, 3.63) is 29.3 Å². The highest BCUT2D eigenvalue weighted by Gasteiger charge is 2.30. The molecular formula is C10H12F3NO2. The van der Waals surface area contributed by atoms with Crippen LogP contribution >= 0.6 is 0 Å². The number of hydrogen-bond acceptors (Lipinski definition) is 3. The maximum atomic E-state index is 12.4. The van der Waals surface area contributed by atoms with Crippen molar-refractivity contribution in [3.63, 3.8) is 0 Å². The van der Waals surface area contributed by atoms with Gasteiger partial charge in [0.2, 0.25) is 0 Å². The Labute approximate surface area is 90.6 Å². The molecule has 0 spiro atoms. The maximum absolute atomic E-state index is 12.4. The third-order valence-electron chi connectivity index (χ3n) is 1.96. The number of alkyl halides is 3. The summed E-state index contributed by atoms with van der Waals surface area (Å²) in [5.74, 6) is 0.268. The second-order valence-electron chi connectivity index (χ2n) is 3.10. The molecule has 0 saturated carbocycles. The van der Waals surface area contributed by atoms with Crippen molar-refractivity contribution in [2.45, 2.75) is 12.7 Å². The molecule has 0 radical (unpaired) electrons. The van der Waals surface area contributed by atoms with Crippen molar-refractivity contribution >= 4 is 0 Å². The number of benzene rings is 1. The molecule has 90 valence electrons. The lowest BCUT2D eigenvalue weighted by Crippen LogP contribution is -2.10. The fourth-order valence-corrected chi connectivity index (χ4v) is 1.21. The first kappa shape index (κ1) is 12.8. The van der Waals surface area contributed by atoms with Gasteiger partial charge in [0.25, 0.3) is 0 Å². The summed E-state index contributed by atoms with van der Waals surface area (Å²) in [4.78, 5) is 0. The maximum Gasteiger partial charge on any atom is 0.416 e. The van der Waals surface area contributed by atoms with E-state index in [9.17, 15) is 13.2 Å². The number of ether oxygens (including phenoxy) is 1. The topological polar surface area (TPSA) is 55.5 Å². The van der Waals surface area contributed by atoms with Crippen LogP contribution in [0.25, 0.3) is 0 Å². The van der Waals surface area contributed by atoms with Gasteiger partial charge in [-0.15, -0.1) is 0 Å². The van der Waals surface area contributed by atoms with E-state index in [0.717, 1.165) is 12.1 Å². The Kier molecular flexibility index (Phi) is 4.14. The second kappa shape index (κ2) is 5.18. The van der Waals surface area contributed by atoms with E-state index >= 15 is 0 Å². The molecule has 3 nitrogen and oxygen atoms in total. The van der Waals surface area contributed by atoms with E-state index in [1.807, 2.05) is 0 Å². The number of rotatable bonds is 4. The molecule has 0 aromatic heterocycles. The fraction of sp³-hybridized carbons (Fsp3) is 0.400. The quantitative estimate of drug-likeness (QED) is 0.832. The normalized spacial score (nSPS) is 11.6. The minimum Gasteiger partial charge on any atom is -0.491 e. The van der Waals surface area contributed by atoms with Gasteiger partial charge in [-0.2, -0.15) is 13.2 Å². The highest BCUT2D eigenvalue weighted by molar-refractivity contribution is 5.38. The van der Waals surface area contributed by atoms with E-state index in [1.165, 1.54) is 6.07 Å². The monoisotopic (exact) mass is 235 g/mol. The minimum absolute atomic E-state index is 0.0262. The van der Waals surface area contributed by atoms with Crippen molar-refractivity contribution < 1.29 is 23.0 Å². The molecule has 0 bridgehead atoms. The zero-order valence-corrected chi connectivity index (χ0v) is 8.42. The van der Waals surface area contributed by atoms with Crippen LogP contribution in [0, 0.1) is 0 Å². The minimum atomic E-state index is -4.39. The molecule has 1 aromatic rings. The van der Waals surface area contributed by atoms with Crippen molar-refractivity contribution in [3.8, 4) is 5.75 Å². The summed E-state index contributed by atoms with van der Waals surface area (Å²) in [6, 6.07) is 3.08. The van der Waals surface area contributed by atoms with Crippen LogP contribution in [0.2, 0.25) is 0 Å². The average Bonchev–Trinajstić information content (AvgIpc) is 2.24. The lowest BCUT2D eigenvalue weighted by molar-refractivity contribution is -0.137. The van der Waals surface area contributed by atoms with Gasteiger partial charge >= 0.3 is 6.18 Å². The van der Waals surface area contributed by atoms with Gasteiger partial charge in [0.15, 0.2) is 0 Å². The molecule has 0 aliphatic rings. The molecule has 0 unspecified atom stereocenters. The molecule has 16 heavy (non-hydrogen) atoms. The number of nitrogens with two attached hydrogens (primary N) is 1. The predicted octanol–water partition coefficient (Wildman–Crippen LogP) is 1.54. The summed E-state index contributed by atoms with van der Waals surface area (Å²) in [5.41, 5.74) is 4.83. The van der Waals surface area contributed by atoms with E-state index < -0.39 is 11.7 Å². The first-order valence-electron chi connectivity index (χ1n) is 4.63. The molecule has 1 aromatic carbocycles. The second-order valence-corrected chi connectivity index (χ2v) is 3.10.